The summed E-state index contributed by atoms with van der Waals surface area (Å²) in [5.41, 5.74) is 0.216. The first-order valence-electron chi connectivity index (χ1n) is 10.0. The predicted octanol–water partition coefficient (Wildman–Crippen LogP) is 4.33. The van der Waals surface area contributed by atoms with Crippen molar-refractivity contribution in [3.05, 3.63) is 29.6 Å². The summed E-state index contributed by atoms with van der Waals surface area (Å²) in [4.78, 5) is 25.4. The van der Waals surface area contributed by atoms with Gasteiger partial charge in [0.1, 0.15) is 11.9 Å². The number of piperidine rings is 1. The third-order valence-electron chi connectivity index (χ3n) is 5.72. The number of anilines is 1. The van der Waals surface area contributed by atoms with E-state index in [9.17, 15) is 27.2 Å². The van der Waals surface area contributed by atoms with Crippen LogP contribution in [0.5, 0.6) is 0 Å². The van der Waals surface area contributed by atoms with E-state index in [1.165, 1.54) is 24.0 Å². The molecule has 0 saturated carbocycles. The fourth-order valence-corrected chi connectivity index (χ4v) is 3.64. The molecule has 0 bridgehead atoms. The maximum absolute atomic E-state index is 14.3. The highest BCUT2D eigenvalue weighted by atomic mass is 19.4. The maximum atomic E-state index is 14.3. The molecule has 0 spiro atoms. The number of hydrogen-bond acceptors (Lipinski definition) is 3. The molecule has 2 N–H and O–H groups in total. The maximum Gasteiger partial charge on any atom is 0.393 e. The number of aliphatic carboxylic acids is 1. The quantitative estimate of drug-likeness (QED) is 0.630. The Morgan fingerprint density at radius 3 is 2.37 bits per heavy atom. The Kier molecular flexibility index (Phi) is 7.85. The number of benzene rings is 1. The first-order valence-corrected chi connectivity index (χ1v) is 10.0. The zero-order chi connectivity index (χ0) is 22.6. The summed E-state index contributed by atoms with van der Waals surface area (Å²) >= 11 is 0. The van der Waals surface area contributed by atoms with Crippen LogP contribution < -0.4 is 5.32 Å². The van der Waals surface area contributed by atoms with Gasteiger partial charge in [-0.15, -0.1) is 0 Å². The number of hydrogen-bond donors (Lipinski definition) is 2. The highest BCUT2D eigenvalue weighted by Crippen LogP contribution is 2.33. The number of carboxylic acids is 1. The van der Waals surface area contributed by atoms with Gasteiger partial charge < -0.3 is 10.4 Å². The van der Waals surface area contributed by atoms with Crippen molar-refractivity contribution in [1.82, 2.24) is 4.90 Å². The van der Waals surface area contributed by atoms with Gasteiger partial charge in [-0.3, -0.25) is 14.5 Å². The number of carbonyl (C=O) groups excluding carboxylic acids is 1. The van der Waals surface area contributed by atoms with Crippen molar-refractivity contribution in [1.29, 1.82) is 0 Å². The summed E-state index contributed by atoms with van der Waals surface area (Å²) < 4.78 is 54.6. The van der Waals surface area contributed by atoms with Gasteiger partial charge in [0, 0.05) is 0 Å². The van der Waals surface area contributed by atoms with Crippen LogP contribution in [-0.4, -0.2) is 47.2 Å². The molecule has 0 aliphatic carbocycles. The lowest BCUT2D eigenvalue weighted by Gasteiger charge is -2.39. The highest BCUT2D eigenvalue weighted by Gasteiger charge is 2.47. The van der Waals surface area contributed by atoms with Crippen LogP contribution in [-0.2, 0) is 16.0 Å². The van der Waals surface area contributed by atoms with Gasteiger partial charge in [0.15, 0.2) is 0 Å². The van der Waals surface area contributed by atoms with E-state index in [0.29, 0.717) is 37.4 Å². The number of halogens is 4. The van der Waals surface area contributed by atoms with Crippen molar-refractivity contribution in [3.63, 3.8) is 0 Å². The molecule has 5 nitrogen and oxygen atoms in total. The van der Waals surface area contributed by atoms with Crippen molar-refractivity contribution in [2.24, 2.45) is 17.8 Å². The molecule has 1 aromatic rings. The molecular formula is C21H28F4N2O3. The lowest BCUT2D eigenvalue weighted by molar-refractivity contribution is -0.189. The number of carbonyl (C=O) groups is 2. The topological polar surface area (TPSA) is 69.6 Å². The average Bonchev–Trinajstić information content (AvgIpc) is 2.65. The number of nitrogens with zero attached hydrogens (tertiary/aromatic N) is 1. The predicted molar refractivity (Wildman–Crippen MR) is 105 cm³/mol. The fraction of sp³-hybridized carbons (Fsp3) is 0.619. The second kappa shape index (κ2) is 9.76. The Bertz CT molecular complexity index is 761. The molecule has 2 rings (SSSR count). The monoisotopic (exact) mass is 432 g/mol. The number of nitrogens with one attached hydrogen (secondary N) is 1. The molecule has 1 aliphatic rings. The van der Waals surface area contributed by atoms with Crippen LogP contribution in [0.3, 0.4) is 0 Å². The summed E-state index contributed by atoms with van der Waals surface area (Å²) in [6, 6.07) is 2.27. The number of carboxylic acid groups (broad SMARTS) is 1. The lowest BCUT2D eigenvalue weighted by atomic mass is 9.92. The Hall–Kier alpha value is -2.16. The van der Waals surface area contributed by atoms with E-state index in [4.69, 9.17) is 5.11 Å². The van der Waals surface area contributed by atoms with Crippen molar-refractivity contribution in [2.75, 3.05) is 18.4 Å². The molecule has 0 radical (unpaired) electrons. The third kappa shape index (κ3) is 6.17. The second-order valence-corrected chi connectivity index (χ2v) is 8.24. The first-order chi connectivity index (χ1) is 13.9. The molecule has 1 heterocycles. The number of likely N-dealkylation sites (tertiary alicyclic amines) is 1. The number of alkyl halides is 3. The van der Waals surface area contributed by atoms with E-state index in [0.717, 1.165) is 13.0 Å². The van der Waals surface area contributed by atoms with E-state index < -0.39 is 41.7 Å². The second-order valence-electron chi connectivity index (χ2n) is 8.24. The molecule has 1 saturated heterocycles. The summed E-state index contributed by atoms with van der Waals surface area (Å²) in [6.07, 6.45) is -3.11. The Morgan fingerprint density at radius 2 is 1.83 bits per heavy atom. The van der Waals surface area contributed by atoms with Gasteiger partial charge in [0.05, 0.1) is 17.5 Å². The van der Waals surface area contributed by atoms with Gasteiger partial charge in [-0.05, 0) is 56.0 Å². The van der Waals surface area contributed by atoms with Crippen LogP contribution in [0.25, 0.3) is 0 Å². The fourth-order valence-electron chi connectivity index (χ4n) is 3.64. The number of rotatable bonds is 7. The van der Waals surface area contributed by atoms with Crippen molar-refractivity contribution >= 4 is 17.6 Å². The SMILES string of the molecule is CC1CCN([C@@H](C(=O)Nc2cc(C[C@@H](C)C(=O)O)ccc2F)[C@@H](C)C(F)(F)F)CC1. The summed E-state index contributed by atoms with van der Waals surface area (Å²) in [5.74, 6) is -5.02. The van der Waals surface area contributed by atoms with Gasteiger partial charge in [-0.1, -0.05) is 26.8 Å². The molecule has 0 unspecified atom stereocenters. The van der Waals surface area contributed by atoms with Crippen LogP contribution in [0.2, 0.25) is 0 Å². The molecular weight excluding hydrogens is 404 g/mol. The molecule has 9 heteroatoms. The summed E-state index contributed by atoms with van der Waals surface area (Å²) in [7, 11) is 0. The Morgan fingerprint density at radius 1 is 1.23 bits per heavy atom. The van der Waals surface area contributed by atoms with Gasteiger partial charge in [0.25, 0.3) is 0 Å². The van der Waals surface area contributed by atoms with E-state index in [2.05, 4.69) is 5.32 Å². The third-order valence-corrected chi connectivity index (χ3v) is 5.72. The van der Waals surface area contributed by atoms with Crippen molar-refractivity contribution in [3.8, 4) is 0 Å². The van der Waals surface area contributed by atoms with Crippen molar-refractivity contribution in [2.45, 2.75) is 52.3 Å². The lowest BCUT2D eigenvalue weighted by Crippen LogP contribution is -2.54. The van der Waals surface area contributed by atoms with Crippen LogP contribution in [0.1, 0.15) is 39.2 Å². The van der Waals surface area contributed by atoms with Crippen LogP contribution in [0, 0.1) is 23.6 Å². The van der Waals surface area contributed by atoms with Gasteiger partial charge in [0.2, 0.25) is 5.91 Å². The molecule has 168 valence electrons. The van der Waals surface area contributed by atoms with E-state index in [1.54, 1.807) is 0 Å². The summed E-state index contributed by atoms with van der Waals surface area (Å²) in [6.45, 7) is 5.18. The van der Waals surface area contributed by atoms with E-state index in [-0.39, 0.29) is 12.1 Å². The van der Waals surface area contributed by atoms with Gasteiger partial charge in [-0.25, -0.2) is 4.39 Å². The smallest absolute Gasteiger partial charge is 0.393 e. The molecule has 1 aromatic carbocycles. The van der Waals surface area contributed by atoms with E-state index >= 15 is 0 Å². The van der Waals surface area contributed by atoms with Crippen LogP contribution >= 0.6 is 0 Å². The zero-order valence-corrected chi connectivity index (χ0v) is 17.3. The average molecular weight is 432 g/mol. The molecule has 30 heavy (non-hydrogen) atoms. The molecule has 1 fully saturated rings. The van der Waals surface area contributed by atoms with Gasteiger partial charge >= 0.3 is 12.1 Å². The minimum absolute atomic E-state index is 0.102. The molecule has 1 aliphatic heterocycles. The minimum atomic E-state index is -4.58. The first kappa shape index (κ1) is 24.1. The van der Waals surface area contributed by atoms with Crippen LogP contribution in [0.4, 0.5) is 23.2 Å². The van der Waals surface area contributed by atoms with Crippen LogP contribution in [0.15, 0.2) is 18.2 Å². The zero-order valence-electron chi connectivity index (χ0n) is 17.3. The van der Waals surface area contributed by atoms with Crippen molar-refractivity contribution < 1.29 is 32.3 Å². The number of amides is 1. The Labute approximate surface area is 173 Å². The molecule has 0 aromatic heterocycles. The molecule has 1 amide bonds. The Balaban J connectivity index is 2.25. The highest BCUT2D eigenvalue weighted by molar-refractivity contribution is 5.95. The standard InChI is InChI=1S/C21H28F4N2O3/c1-12-6-8-27(9-7-12)18(14(3)21(23,24)25)19(28)26-17-11-15(4-5-16(17)22)10-13(2)20(29)30/h4-5,11-14,18H,6-10H2,1-3H3,(H,26,28)(H,29,30)/t13-,14-,18-/m1/s1. The normalized spacial score (nSPS) is 19.2. The summed E-state index contributed by atoms with van der Waals surface area (Å²) in [5, 5.41) is 11.3. The molecule has 3 atom stereocenters. The van der Waals surface area contributed by atoms with Gasteiger partial charge in [-0.2, -0.15) is 13.2 Å². The largest absolute Gasteiger partial charge is 0.481 e. The van der Waals surface area contributed by atoms with E-state index in [1.807, 2.05) is 6.92 Å². The minimum Gasteiger partial charge on any atom is -0.481 e.